The quantitative estimate of drug-likeness (QED) is 0.650. The predicted octanol–water partition coefficient (Wildman–Crippen LogP) is 2.63. The van der Waals surface area contributed by atoms with E-state index in [1.165, 1.54) is 0 Å². The summed E-state index contributed by atoms with van der Waals surface area (Å²) in [5, 5.41) is 0. The Hall–Kier alpha value is -1.56. The van der Waals surface area contributed by atoms with Crippen molar-refractivity contribution in [2.24, 2.45) is 0 Å². The highest BCUT2D eigenvalue weighted by Crippen LogP contribution is 2.22. The minimum Gasteiger partial charge on any atom is -0.497 e. The van der Waals surface area contributed by atoms with Gasteiger partial charge in [0.25, 0.3) is 6.04 Å². The third kappa shape index (κ3) is 2.19. The van der Waals surface area contributed by atoms with Crippen LogP contribution in [-0.4, -0.2) is 13.8 Å². The number of ether oxygens (including phenoxy) is 1. The first-order chi connectivity index (χ1) is 6.31. The van der Waals surface area contributed by atoms with E-state index in [0.29, 0.717) is 11.3 Å². The van der Waals surface area contributed by atoms with Gasteiger partial charge in [-0.25, -0.2) is 11.0 Å². The summed E-state index contributed by atoms with van der Waals surface area (Å²) in [6, 6.07) is 6.23. The summed E-state index contributed by atoms with van der Waals surface area (Å²) in [7, 11) is 1.54. The molecule has 0 bridgehead atoms. The van der Waals surface area contributed by atoms with Crippen molar-refractivity contribution in [1.29, 1.82) is 0 Å². The number of alkyl halides is 1. The highest BCUT2D eigenvalue weighted by atomic mass is 19.1. The normalized spacial score (nSPS) is 11.8. The first-order valence-corrected chi connectivity index (χ1v) is 3.88. The molecular weight excluding hydrogens is 169 g/mol. The molecule has 2 nitrogen and oxygen atoms in total. The molecule has 1 aromatic carbocycles. The molecule has 1 atom stereocenters. The molecule has 0 spiro atoms. The summed E-state index contributed by atoms with van der Waals surface area (Å²) in [5.41, 5.74) is 0.664. The molecular formula is C10H10FNO. The van der Waals surface area contributed by atoms with Crippen LogP contribution >= 0.6 is 0 Å². The molecule has 0 aliphatic carbocycles. The van der Waals surface area contributed by atoms with E-state index in [-0.39, 0.29) is 0 Å². The predicted molar refractivity (Wildman–Crippen MR) is 48.3 cm³/mol. The van der Waals surface area contributed by atoms with Crippen molar-refractivity contribution in [2.75, 3.05) is 13.8 Å². The lowest BCUT2D eigenvalue weighted by atomic mass is 10.1. The van der Waals surface area contributed by atoms with Crippen LogP contribution < -0.4 is 4.74 Å². The number of hydrogen-bond donors (Lipinski definition) is 0. The molecule has 13 heavy (non-hydrogen) atoms. The summed E-state index contributed by atoms with van der Waals surface area (Å²) in [6.07, 6.45) is 0. The number of rotatable bonds is 3. The molecule has 0 saturated carbocycles. The molecule has 0 N–H and O–H groups in total. The van der Waals surface area contributed by atoms with E-state index in [1.807, 2.05) is 0 Å². The average molecular weight is 179 g/mol. The third-order valence-electron chi connectivity index (χ3n) is 1.78. The lowest BCUT2D eigenvalue weighted by Crippen LogP contribution is -1.95. The van der Waals surface area contributed by atoms with Crippen LogP contribution in [-0.2, 0) is 0 Å². The third-order valence-corrected chi connectivity index (χ3v) is 1.78. The van der Waals surface area contributed by atoms with Crippen LogP contribution in [0.1, 0.15) is 11.6 Å². The molecule has 1 unspecified atom stereocenters. The number of benzene rings is 1. The van der Waals surface area contributed by atoms with Gasteiger partial charge in [0.1, 0.15) is 5.75 Å². The van der Waals surface area contributed by atoms with Gasteiger partial charge in [-0.15, -0.1) is 0 Å². The van der Waals surface area contributed by atoms with Gasteiger partial charge in [-0.2, -0.15) is 0 Å². The molecule has 68 valence electrons. The Morgan fingerprint density at radius 1 is 1.62 bits per heavy atom. The summed E-state index contributed by atoms with van der Waals surface area (Å²) in [5.74, 6) is 0.652. The maximum Gasteiger partial charge on any atom is 0.276 e. The van der Waals surface area contributed by atoms with Crippen LogP contribution in [0.15, 0.2) is 24.3 Å². The highest BCUT2D eigenvalue weighted by molar-refractivity contribution is 5.31. The van der Waals surface area contributed by atoms with Crippen molar-refractivity contribution >= 4 is 0 Å². The zero-order chi connectivity index (χ0) is 9.68. The lowest BCUT2D eigenvalue weighted by molar-refractivity contribution is 0.412. The molecule has 0 radical (unpaired) electrons. The number of nitrogens with zero attached hydrogens (tertiary/aromatic N) is 1. The molecule has 0 amide bonds. The first-order valence-electron chi connectivity index (χ1n) is 3.88. The maximum absolute atomic E-state index is 12.3. The summed E-state index contributed by atoms with van der Waals surface area (Å²) < 4.78 is 17.3. The molecule has 0 aromatic heterocycles. The van der Waals surface area contributed by atoms with Crippen LogP contribution in [0.25, 0.3) is 4.85 Å². The Labute approximate surface area is 76.8 Å². The fourth-order valence-corrected chi connectivity index (χ4v) is 1.05. The fraction of sp³-hybridized carbons (Fsp3) is 0.300. The largest absolute Gasteiger partial charge is 0.497 e. The van der Waals surface area contributed by atoms with Crippen molar-refractivity contribution in [3.05, 3.63) is 41.2 Å². The minimum absolute atomic E-state index is 0.652. The Morgan fingerprint density at radius 3 is 2.92 bits per heavy atom. The topological polar surface area (TPSA) is 13.6 Å². The Bertz CT molecular complexity index is 319. The van der Waals surface area contributed by atoms with E-state index >= 15 is 0 Å². The number of halogens is 1. The second-order valence-electron chi connectivity index (χ2n) is 2.58. The van der Waals surface area contributed by atoms with Crippen LogP contribution in [0.5, 0.6) is 5.75 Å². The van der Waals surface area contributed by atoms with Gasteiger partial charge in [-0.1, -0.05) is 12.1 Å². The summed E-state index contributed by atoms with van der Waals surface area (Å²) >= 11 is 0. The van der Waals surface area contributed by atoms with E-state index in [0.717, 1.165) is 0 Å². The number of methoxy groups -OCH3 is 1. The van der Waals surface area contributed by atoms with Crippen LogP contribution in [0.4, 0.5) is 4.39 Å². The van der Waals surface area contributed by atoms with Gasteiger partial charge in [0.15, 0.2) is 6.67 Å². The molecule has 0 aliphatic heterocycles. The molecule has 0 fully saturated rings. The minimum atomic E-state index is -0.699. The molecule has 0 saturated heterocycles. The second kappa shape index (κ2) is 4.46. The van der Waals surface area contributed by atoms with Gasteiger partial charge in [-0.05, 0) is 12.1 Å². The summed E-state index contributed by atoms with van der Waals surface area (Å²) in [6.45, 7) is 6.11. The fourth-order valence-electron chi connectivity index (χ4n) is 1.05. The average Bonchev–Trinajstić information content (AvgIpc) is 2.20. The van der Waals surface area contributed by atoms with Gasteiger partial charge in [0.05, 0.1) is 7.11 Å². The maximum atomic E-state index is 12.3. The molecule has 3 heteroatoms. The second-order valence-corrected chi connectivity index (χ2v) is 2.58. The van der Waals surface area contributed by atoms with Gasteiger partial charge in [-0.3, -0.25) is 0 Å². The van der Waals surface area contributed by atoms with Crippen molar-refractivity contribution in [2.45, 2.75) is 6.04 Å². The van der Waals surface area contributed by atoms with Crippen molar-refractivity contribution in [1.82, 2.24) is 0 Å². The van der Waals surface area contributed by atoms with Crippen molar-refractivity contribution in [3.63, 3.8) is 0 Å². The zero-order valence-electron chi connectivity index (χ0n) is 7.33. The van der Waals surface area contributed by atoms with Gasteiger partial charge < -0.3 is 9.58 Å². The molecule has 0 heterocycles. The SMILES string of the molecule is [C-]#[N+]C(CF)c1cccc(OC)c1. The first kappa shape index (κ1) is 9.53. The van der Waals surface area contributed by atoms with Crippen LogP contribution in [0.3, 0.4) is 0 Å². The zero-order valence-corrected chi connectivity index (χ0v) is 7.33. The van der Waals surface area contributed by atoms with Gasteiger partial charge >= 0.3 is 0 Å². The van der Waals surface area contributed by atoms with Crippen molar-refractivity contribution in [3.8, 4) is 5.75 Å². The number of hydrogen-bond acceptors (Lipinski definition) is 1. The Balaban J connectivity index is 2.94. The van der Waals surface area contributed by atoms with E-state index in [4.69, 9.17) is 11.3 Å². The molecule has 0 aliphatic rings. The van der Waals surface area contributed by atoms with Crippen molar-refractivity contribution < 1.29 is 9.13 Å². The van der Waals surface area contributed by atoms with Crippen LogP contribution in [0.2, 0.25) is 0 Å². The Morgan fingerprint density at radius 2 is 2.38 bits per heavy atom. The summed E-state index contributed by atoms with van der Waals surface area (Å²) in [4.78, 5) is 3.17. The lowest BCUT2D eigenvalue weighted by Gasteiger charge is -2.03. The smallest absolute Gasteiger partial charge is 0.276 e. The van der Waals surface area contributed by atoms with E-state index < -0.39 is 12.7 Å². The van der Waals surface area contributed by atoms with E-state index in [2.05, 4.69) is 4.85 Å². The standard InChI is InChI=1S/C10H10FNO/c1-12-10(7-11)8-4-3-5-9(6-8)13-2/h3-6,10H,7H2,2H3. The van der Waals surface area contributed by atoms with Gasteiger partial charge in [0, 0.05) is 5.56 Å². The van der Waals surface area contributed by atoms with Crippen LogP contribution in [0, 0.1) is 6.57 Å². The molecule has 1 rings (SSSR count). The molecule has 1 aromatic rings. The van der Waals surface area contributed by atoms with E-state index in [1.54, 1.807) is 31.4 Å². The Kier molecular flexibility index (Phi) is 3.27. The highest BCUT2D eigenvalue weighted by Gasteiger charge is 2.15. The monoisotopic (exact) mass is 179 g/mol. The van der Waals surface area contributed by atoms with Gasteiger partial charge in [0.2, 0.25) is 0 Å². The van der Waals surface area contributed by atoms with E-state index in [9.17, 15) is 4.39 Å².